The van der Waals surface area contributed by atoms with Gasteiger partial charge in [0.1, 0.15) is 0 Å². The van der Waals surface area contributed by atoms with Crippen molar-refractivity contribution in [2.45, 2.75) is 26.2 Å². The maximum absolute atomic E-state index is 10.3. The quantitative estimate of drug-likeness (QED) is 0.572. The molecule has 0 unspecified atom stereocenters. The zero-order chi connectivity index (χ0) is 10.8. The lowest BCUT2D eigenvalue weighted by Gasteiger charge is -2.19. The minimum Gasteiger partial charge on any atom is -0.481 e. The third kappa shape index (κ3) is 8.01. The molecule has 0 bridgehead atoms. The molecule has 0 aliphatic rings. The van der Waals surface area contributed by atoms with Crippen molar-refractivity contribution < 1.29 is 14.6 Å². The maximum Gasteiger partial charge on any atom is 0.303 e. The average Bonchev–Trinajstić information content (AvgIpc) is 2.16. The van der Waals surface area contributed by atoms with E-state index in [0.717, 1.165) is 39.1 Å². The van der Waals surface area contributed by atoms with Crippen LogP contribution in [0.4, 0.5) is 0 Å². The molecular weight excluding hydrogens is 182 g/mol. The van der Waals surface area contributed by atoms with Gasteiger partial charge in [0.05, 0.1) is 6.61 Å². The van der Waals surface area contributed by atoms with Crippen molar-refractivity contribution >= 4 is 5.97 Å². The van der Waals surface area contributed by atoms with E-state index in [2.05, 4.69) is 11.8 Å². The lowest BCUT2D eigenvalue weighted by molar-refractivity contribution is -0.137. The number of hydrogen-bond acceptors (Lipinski definition) is 3. The summed E-state index contributed by atoms with van der Waals surface area (Å²) in [7, 11) is 1.69. The van der Waals surface area contributed by atoms with Crippen molar-refractivity contribution in [2.75, 3.05) is 33.4 Å². The first-order chi connectivity index (χ1) is 6.70. The van der Waals surface area contributed by atoms with Crippen molar-refractivity contribution in [1.29, 1.82) is 0 Å². The summed E-state index contributed by atoms with van der Waals surface area (Å²) in [5.74, 6) is -0.704. The van der Waals surface area contributed by atoms with Crippen LogP contribution in [0.25, 0.3) is 0 Å². The van der Waals surface area contributed by atoms with E-state index < -0.39 is 5.97 Å². The van der Waals surface area contributed by atoms with E-state index in [9.17, 15) is 4.79 Å². The van der Waals surface area contributed by atoms with Crippen LogP contribution in [0.5, 0.6) is 0 Å². The number of carbonyl (C=O) groups is 1. The van der Waals surface area contributed by atoms with E-state index in [1.165, 1.54) is 0 Å². The fourth-order valence-electron chi connectivity index (χ4n) is 1.26. The molecule has 0 atom stereocenters. The van der Waals surface area contributed by atoms with E-state index in [4.69, 9.17) is 9.84 Å². The van der Waals surface area contributed by atoms with Crippen LogP contribution in [-0.4, -0.2) is 49.3 Å². The molecule has 84 valence electrons. The lowest BCUT2D eigenvalue weighted by atomic mass is 10.2. The van der Waals surface area contributed by atoms with Crippen LogP contribution in [0.15, 0.2) is 0 Å². The molecule has 0 aromatic carbocycles. The Kier molecular flexibility index (Phi) is 8.57. The molecule has 0 aromatic rings. The van der Waals surface area contributed by atoms with Gasteiger partial charge in [-0.3, -0.25) is 4.79 Å². The number of methoxy groups -OCH3 is 1. The monoisotopic (exact) mass is 203 g/mol. The van der Waals surface area contributed by atoms with Crippen molar-refractivity contribution in [3.63, 3.8) is 0 Å². The van der Waals surface area contributed by atoms with Gasteiger partial charge in [0.15, 0.2) is 0 Å². The van der Waals surface area contributed by atoms with E-state index in [1.54, 1.807) is 7.11 Å². The maximum atomic E-state index is 10.3. The Labute approximate surface area is 85.9 Å². The highest BCUT2D eigenvalue weighted by Crippen LogP contribution is 1.98. The molecule has 0 radical (unpaired) electrons. The Morgan fingerprint density at radius 3 is 2.57 bits per heavy atom. The molecule has 0 amide bonds. The zero-order valence-electron chi connectivity index (χ0n) is 9.16. The fourth-order valence-corrected chi connectivity index (χ4v) is 1.26. The number of aliphatic carboxylic acids is 1. The Balaban J connectivity index is 3.37. The van der Waals surface area contributed by atoms with Gasteiger partial charge in [-0.1, -0.05) is 6.92 Å². The topological polar surface area (TPSA) is 49.8 Å². The van der Waals surface area contributed by atoms with Gasteiger partial charge in [0.2, 0.25) is 0 Å². The van der Waals surface area contributed by atoms with Crippen LogP contribution in [0.1, 0.15) is 26.2 Å². The third-order valence-corrected chi connectivity index (χ3v) is 2.17. The molecule has 0 spiro atoms. The average molecular weight is 203 g/mol. The largest absolute Gasteiger partial charge is 0.481 e. The molecule has 14 heavy (non-hydrogen) atoms. The van der Waals surface area contributed by atoms with Gasteiger partial charge in [0, 0.05) is 20.1 Å². The summed E-state index contributed by atoms with van der Waals surface area (Å²) in [6.07, 6.45) is 1.99. The van der Waals surface area contributed by atoms with Gasteiger partial charge in [-0.15, -0.1) is 0 Å². The second-order valence-corrected chi connectivity index (χ2v) is 3.28. The van der Waals surface area contributed by atoms with Gasteiger partial charge in [-0.25, -0.2) is 0 Å². The third-order valence-electron chi connectivity index (χ3n) is 2.17. The summed E-state index contributed by atoms with van der Waals surface area (Å²) in [4.78, 5) is 12.5. The lowest BCUT2D eigenvalue weighted by Crippen LogP contribution is -2.28. The smallest absolute Gasteiger partial charge is 0.303 e. The fraction of sp³-hybridized carbons (Fsp3) is 0.900. The Morgan fingerprint density at radius 1 is 1.36 bits per heavy atom. The number of likely N-dealkylation sites (N-methyl/N-ethyl adjacent to an activating group) is 1. The van der Waals surface area contributed by atoms with E-state index in [0.29, 0.717) is 0 Å². The van der Waals surface area contributed by atoms with Crippen LogP contribution in [-0.2, 0) is 9.53 Å². The first kappa shape index (κ1) is 13.4. The van der Waals surface area contributed by atoms with E-state index in [1.807, 2.05) is 0 Å². The SMILES string of the molecule is CCN(CCCCC(=O)O)CCOC. The summed E-state index contributed by atoms with van der Waals surface area (Å²) in [6, 6.07) is 0. The Hall–Kier alpha value is -0.610. The molecule has 4 heteroatoms. The highest BCUT2D eigenvalue weighted by atomic mass is 16.5. The summed E-state index contributed by atoms with van der Waals surface area (Å²) in [6.45, 7) is 5.74. The van der Waals surface area contributed by atoms with Gasteiger partial charge >= 0.3 is 5.97 Å². The van der Waals surface area contributed by atoms with Crippen molar-refractivity contribution in [2.24, 2.45) is 0 Å². The number of ether oxygens (including phenoxy) is 1. The van der Waals surface area contributed by atoms with Gasteiger partial charge < -0.3 is 14.7 Å². The normalized spacial score (nSPS) is 10.8. The number of carboxylic acid groups (broad SMARTS) is 1. The standard InChI is InChI=1S/C10H21NO3/c1-3-11(8-9-14-2)7-5-4-6-10(12)13/h3-9H2,1-2H3,(H,12,13). The molecule has 4 nitrogen and oxygen atoms in total. The predicted octanol–water partition coefficient (Wildman–Crippen LogP) is 1.21. The zero-order valence-corrected chi connectivity index (χ0v) is 9.16. The minimum atomic E-state index is -0.704. The second kappa shape index (κ2) is 8.97. The minimum absolute atomic E-state index is 0.280. The van der Waals surface area contributed by atoms with Crippen LogP contribution >= 0.6 is 0 Å². The van der Waals surface area contributed by atoms with E-state index >= 15 is 0 Å². The number of hydrogen-bond donors (Lipinski definition) is 1. The predicted molar refractivity (Wildman–Crippen MR) is 55.5 cm³/mol. The highest BCUT2D eigenvalue weighted by Gasteiger charge is 2.02. The number of unbranched alkanes of at least 4 members (excludes halogenated alkanes) is 1. The van der Waals surface area contributed by atoms with Gasteiger partial charge in [0.25, 0.3) is 0 Å². The molecule has 0 saturated heterocycles. The van der Waals surface area contributed by atoms with E-state index in [-0.39, 0.29) is 6.42 Å². The number of rotatable bonds is 9. The van der Waals surface area contributed by atoms with Crippen LogP contribution in [0.2, 0.25) is 0 Å². The molecule has 0 aliphatic heterocycles. The molecule has 0 saturated carbocycles. The molecule has 0 aliphatic carbocycles. The molecule has 0 aromatic heterocycles. The van der Waals surface area contributed by atoms with Gasteiger partial charge in [-0.2, -0.15) is 0 Å². The first-order valence-electron chi connectivity index (χ1n) is 5.13. The summed E-state index contributed by atoms with van der Waals surface area (Å²) < 4.78 is 4.98. The molecule has 0 heterocycles. The van der Waals surface area contributed by atoms with Crippen LogP contribution < -0.4 is 0 Å². The summed E-state index contributed by atoms with van der Waals surface area (Å²) in [5, 5.41) is 8.44. The van der Waals surface area contributed by atoms with Gasteiger partial charge in [-0.05, 0) is 25.9 Å². The molecule has 0 rings (SSSR count). The highest BCUT2D eigenvalue weighted by molar-refractivity contribution is 5.66. The Morgan fingerprint density at radius 2 is 2.07 bits per heavy atom. The van der Waals surface area contributed by atoms with Crippen molar-refractivity contribution in [3.8, 4) is 0 Å². The van der Waals surface area contributed by atoms with Crippen molar-refractivity contribution in [1.82, 2.24) is 4.90 Å². The summed E-state index contributed by atoms with van der Waals surface area (Å²) >= 11 is 0. The number of carboxylic acids is 1. The van der Waals surface area contributed by atoms with Crippen LogP contribution in [0.3, 0.4) is 0 Å². The Bertz CT molecular complexity index is 150. The molecular formula is C10H21NO3. The first-order valence-corrected chi connectivity index (χ1v) is 5.13. The molecule has 1 N–H and O–H groups in total. The number of nitrogens with zero attached hydrogens (tertiary/aromatic N) is 1. The summed E-state index contributed by atoms with van der Waals surface area (Å²) in [5.41, 5.74) is 0. The molecule has 0 fully saturated rings. The van der Waals surface area contributed by atoms with Crippen LogP contribution in [0, 0.1) is 0 Å². The van der Waals surface area contributed by atoms with Crippen molar-refractivity contribution in [3.05, 3.63) is 0 Å². The second-order valence-electron chi connectivity index (χ2n) is 3.28.